The summed E-state index contributed by atoms with van der Waals surface area (Å²) >= 11 is 2.24. The molecule has 0 saturated heterocycles. The average molecular weight is 497 g/mol. The smallest absolute Gasteiger partial charge is 0.260 e. The van der Waals surface area contributed by atoms with Crippen molar-refractivity contribution in [2.24, 2.45) is 0 Å². The van der Waals surface area contributed by atoms with Gasteiger partial charge in [0.05, 0.1) is 16.7 Å². The molecule has 0 amide bonds. The quantitative estimate of drug-likeness (QED) is 0.425. The molecule has 29 heavy (non-hydrogen) atoms. The van der Waals surface area contributed by atoms with Crippen LogP contribution in [0.1, 0.15) is 30.7 Å². The number of hydrogen-bond acceptors (Lipinski definition) is 8. The molecule has 1 fully saturated rings. The van der Waals surface area contributed by atoms with Crippen LogP contribution in [-0.2, 0) is 5.41 Å². The van der Waals surface area contributed by atoms with Crippen LogP contribution < -0.4 is 5.73 Å². The minimum atomic E-state index is -0.265. The van der Waals surface area contributed by atoms with Crippen molar-refractivity contribution >= 4 is 28.5 Å². The van der Waals surface area contributed by atoms with Gasteiger partial charge in [-0.2, -0.15) is 4.98 Å². The van der Waals surface area contributed by atoms with Crippen molar-refractivity contribution in [1.29, 1.82) is 0 Å². The lowest BCUT2D eigenvalue weighted by atomic mass is 9.64. The third-order valence-electron chi connectivity index (χ3n) is 5.34. The number of anilines is 1. The number of hydrogen-bond donors (Lipinski definition) is 1. The van der Waals surface area contributed by atoms with Crippen molar-refractivity contribution in [3.05, 3.63) is 64.1 Å². The van der Waals surface area contributed by atoms with E-state index >= 15 is 0 Å². The predicted molar refractivity (Wildman–Crippen MR) is 115 cm³/mol. The van der Waals surface area contributed by atoms with Crippen molar-refractivity contribution < 1.29 is 4.52 Å². The second kappa shape index (κ2) is 7.14. The van der Waals surface area contributed by atoms with Crippen LogP contribution in [0.2, 0.25) is 0 Å². The molecule has 2 N–H and O–H groups in total. The maximum atomic E-state index is 5.58. The highest BCUT2D eigenvalue weighted by atomic mass is 127. The topological polar surface area (TPSA) is 116 Å². The molecule has 4 heterocycles. The van der Waals surface area contributed by atoms with E-state index in [4.69, 9.17) is 15.2 Å². The van der Waals surface area contributed by atoms with Crippen molar-refractivity contribution in [3.63, 3.8) is 0 Å². The first-order valence-corrected chi connectivity index (χ1v) is 10.2. The minimum Gasteiger partial charge on any atom is -0.368 e. The number of halogens is 1. The van der Waals surface area contributed by atoms with E-state index < -0.39 is 0 Å². The van der Waals surface area contributed by atoms with Crippen LogP contribution in [0, 0.1) is 3.57 Å². The Hall–Kier alpha value is -2.95. The van der Waals surface area contributed by atoms with Crippen molar-refractivity contribution in [2.75, 3.05) is 5.73 Å². The number of nitrogen functional groups attached to an aromatic ring is 1. The summed E-state index contributed by atoms with van der Waals surface area (Å²) in [6.07, 6.45) is 11.8. The van der Waals surface area contributed by atoms with Gasteiger partial charge in [-0.1, -0.05) is 17.6 Å². The van der Waals surface area contributed by atoms with E-state index in [2.05, 4.69) is 53.7 Å². The molecular weight excluding hydrogens is 481 g/mol. The molecule has 1 aliphatic rings. The van der Waals surface area contributed by atoms with Crippen molar-refractivity contribution in [3.8, 4) is 22.7 Å². The molecule has 9 heteroatoms. The summed E-state index contributed by atoms with van der Waals surface area (Å²) in [5.74, 6) is 1.44. The van der Waals surface area contributed by atoms with Gasteiger partial charge in [-0.25, -0.2) is 9.97 Å². The third kappa shape index (κ3) is 3.15. The van der Waals surface area contributed by atoms with E-state index in [1.54, 1.807) is 24.8 Å². The molecule has 144 valence electrons. The Labute approximate surface area is 180 Å². The fourth-order valence-electron chi connectivity index (χ4n) is 3.55. The molecular formula is C20H16IN7O. The number of nitrogens with two attached hydrogens (primary N) is 1. The Kier molecular flexibility index (Phi) is 4.46. The minimum absolute atomic E-state index is 0.245. The number of pyridine rings is 2. The van der Waals surface area contributed by atoms with Crippen LogP contribution in [0.3, 0.4) is 0 Å². The summed E-state index contributed by atoms with van der Waals surface area (Å²) in [4.78, 5) is 21.6. The summed E-state index contributed by atoms with van der Waals surface area (Å²) in [6.45, 7) is 0. The van der Waals surface area contributed by atoms with Crippen LogP contribution in [-0.4, -0.2) is 30.1 Å². The van der Waals surface area contributed by atoms with Crippen LogP contribution in [0.25, 0.3) is 22.7 Å². The van der Waals surface area contributed by atoms with Gasteiger partial charge in [0.15, 0.2) is 5.82 Å². The highest BCUT2D eigenvalue weighted by Gasteiger charge is 2.45. The summed E-state index contributed by atoms with van der Waals surface area (Å²) in [7, 11) is 0. The summed E-state index contributed by atoms with van der Waals surface area (Å²) in [6, 6.07) is 5.96. The Morgan fingerprint density at radius 3 is 2.48 bits per heavy atom. The number of aromatic nitrogens is 6. The maximum Gasteiger partial charge on any atom is 0.260 e. The van der Waals surface area contributed by atoms with Crippen LogP contribution in [0.4, 0.5) is 5.95 Å². The zero-order valence-corrected chi connectivity index (χ0v) is 17.4. The monoisotopic (exact) mass is 497 g/mol. The fraction of sp³-hybridized carbons (Fsp3) is 0.200. The molecule has 0 unspecified atom stereocenters. The number of rotatable bonds is 4. The molecule has 1 saturated carbocycles. The fourth-order valence-corrected chi connectivity index (χ4v) is 4.08. The van der Waals surface area contributed by atoms with Crippen LogP contribution in [0.5, 0.6) is 0 Å². The second-order valence-corrected chi connectivity index (χ2v) is 8.14. The SMILES string of the molecule is Nc1ncc(-c2ccc(C3(c4noc(-c5cnccc5I)n4)CCC3)cn2)cn1. The lowest BCUT2D eigenvalue weighted by Crippen LogP contribution is -2.36. The molecule has 4 aromatic rings. The lowest BCUT2D eigenvalue weighted by molar-refractivity contribution is 0.272. The summed E-state index contributed by atoms with van der Waals surface area (Å²) < 4.78 is 6.61. The van der Waals surface area contributed by atoms with Crippen LogP contribution in [0.15, 0.2) is 53.7 Å². The van der Waals surface area contributed by atoms with Crippen LogP contribution >= 0.6 is 22.6 Å². The zero-order chi connectivity index (χ0) is 19.8. The highest BCUT2D eigenvalue weighted by Crippen LogP contribution is 2.48. The standard InChI is InChI=1S/C20H16IN7O/c21-15-4-7-23-11-14(15)17-27-18(28-29-17)20(5-1-6-20)13-2-3-16(24-10-13)12-8-25-19(22)26-9-12/h2-4,7-11H,1,5-6H2,(H2,22,25,26). The van der Waals surface area contributed by atoms with E-state index in [-0.39, 0.29) is 11.4 Å². The van der Waals surface area contributed by atoms with E-state index in [0.29, 0.717) is 11.7 Å². The molecule has 0 radical (unpaired) electrons. The first-order chi connectivity index (χ1) is 14.2. The molecule has 8 nitrogen and oxygen atoms in total. The van der Waals surface area contributed by atoms with E-state index in [1.165, 1.54) is 0 Å². The van der Waals surface area contributed by atoms with Gasteiger partial charge in [0, 0.05) is 40.1 Å². The maximum absolute atomic E-state index is 5.58. The first-order valence-electron chi connectivity index (χ1n) is 9.14. The van der Waals surface area contributed by atoms with Gasteiger partial charge >= 0.3 is 0 Å². The molecule has 0 aromatic carbocycles. The number of nitrogens with zero attached hydrogens (tertiary/aromatic N) is 6. The Morgan fingerprint density at radius 2 is 1.83 bits per heavy atom. The Balaban J connectivity index is 1.48. The van der Waals surface area contributed by atoms with Gasteiger partial charge in [0.2, 0.25) is 5.95 Å². The van der Waals surface area contributed by atoms with Gasteiger partial charge in [-0.05, 0) is 53.1 Å². The second-order valence-electron chi connectivity index (χ2n) is 6.98. The third-order valence-corrected chi connectivity index (χ3v) is 6.28. The Bertz CT molecular complexity index is 1150. The van der Waals surface area contributed by atoms with E-state index in [1.807, 2.05) is 18.3 Å². The average Bonchev–Trinajstić information content (AvgIpc) is 3.19. The molecule has 0 spiro atoms. The van der Waals surface area contributed by atoms with Crippen molar-refractivity contribution in [2.45, 2.75) is 24.7 Å². The summed E-state index contributed by atoms with van der Waals surface area (Å²) in [5.41, 5.74) is 8.83. The van der Waals surface area contributed by atoms with Gasteiger partial charge in [-0.3, -0.25) is 9.97 Å². The van der Waals surface area contributed by atoms with E-state index in [9.17, 15) is 0 Å². The van der Waals surface area contributed by atoms with Gasteiger partial charge in [0.1, 0.15) is 0 Å². The highest BCUT2D eigenvalue weighted by molar-refractivity contribution is 14.1. The largest absolute Gasteiger partial charge is 0.368 e. The first kappa shape index (κ1) is 18.1. The molecule has 0 bridgehead atoms. The van der Waals surface area contributed by atoms with Gasteiger partial charge in [-0.15, -0.1) is 0 Å². The lowest BCUT2D eigenvalue weighted by Gasteiger charge is -2.39. The van der Waals surface area contributed by atoms with E-state index in [0.717, 1.165) is 45.2 Å². The molecule has 1 aliphatic carbocycles. The molecule has 5 rings (SSSR count). The zero-order valence-electron chi connectivity index (χ0n) is 15.3. The van der Waals surface area contributed by atoms with Gasteiger partial charge < -0.3 is 10.3 Å². The summed E-state index contributed by atoms with van der Waals surface area (Å²) in [5, 5.41) is 4.32. The van der Waals surface area contributed by atoms with Gasteiger partial charge in [0.25, 0.3) is 5.89 Å². The molecule has 4 aromatic heterocycles. The molecule has 0 atom stereocenters. The predicted octanol–water partition coefficient (Wildman–Crippen LogP) is 3.64. The normalized spacial score (nSPS) is 15.1. The van der Waals surface area contributed by atoms with Crippen molar-refractivity contribution in [1.82, 2.24) is 30.1 Å². The molecule has 0 aliphatic heterocycles. The Morgan fingerprint density at radius 1 is 1.00 bits per heavy atom.